The lowest BCUT2D eigenvalue weighted by atomic mass is 10.2. The molecule has 2 rings (SSSR count). The highest BCUT2D eigenvalue weighted by atomic mass is 35.5. The molecule has 0 saturated heterocycles. The number of aromatic nitrogens is 1. The molecule has 0 aliphatic heterocycles. The van der Waals surface area contributed by atoms with Crippen LogP contribution in [0, 0.1) is 6.92 Å². The molecule has 0 amide bonds. The molecular weight excluding hydrogens is 220 g/mol. The summed E-state index contributed by atoms with van der Waals surface area (Å²) in [5.41, 5.74) is 9.14. The van der Waals surface area contributed by atoms with Gasteiger partial charge in [-0.25, -0.2) is 0 Å². The van der Waals surface area contributed by atoms with Gasteiger partial charge in [-0.05, 0) is 43.3 Å². The van der Waals surface area contributed by atoms with E-state index in [2.05, 4.69) is 17.6 Å². The van der Waals surface area contributed by atoms with Crippen molar-refractivity contribution < 1.29 is 0 Å². The number of nitrogens with two attached hydrogens (primary N) is 1. The number of halogens is 1. The molecule has 2 nitrogen and oxygen atoms in total. The number of hydrogen-bond donors (Lipinski definition) is 1. The quantitative estimate of drug-likeness (QED) is 0.870. The predicted molar refractivity (Wildman–Crippen MR) is 68.3 cm³/mol. The molecule has 0 atom stereocenters. The van der Waals surface area contributed by atoms with Crippen LogP contribution in [0.2, 0.25) is 5.02 Å². The molecule has 0 saturated carbocycles. The second kappa shape index (κ2) is 4.73. The van der Waals surface area contributed by atoms with Crippen LogP contribution in [-0.4, -0.2) is 11.1 Å². The fraction of sp³-hybridized carbons (Fsp3) is 0.231. The SMILES string of the molecule is Cc1ccc(Cl)cc1-n1cccc1CCN. The molecule has 1 aromatic carbocycles. The van der Waals surface area contributed by atoms with Gasteiger partial charge in [-0.1, -0.05) is 17.7 Å². The fourth-order valence-corrected chi connectivity index (χ4v) is 2.01. The van der Waals surface area contributed by atoms with Gasteiger partial charge in [0.1, 0.15) is 0 Å². The highest BCUT2D eigenvalue weighted by molar-refractivity contribution is 6.30. The zero-order chi connectivity index (χ0) is 11.5. The van der Waals surface area contributed by atoms with E-state index in [4.69, 9.17) is 17.3 Å². The van der Waals surface area contributed by atoms with Crippen LogP contribution in [0.4, 0.5) is 0 Å². The molecule has 0 bridgehead atoms. The van der Waals surface area contributed by atoms with Crippen LogP contribution in [0.1, 0.15) is 11.3 Å². The van der Waals surface area contributed by atoms with E-state index < -0.39 is 0 Å². The average molecular weight is 235 g/mol. The van der Waals surface area contributed by atoms with Crippen molar-refractivity contribution in [3.05, 3.63) is 52.8 Å². The summed E-state index contributed by atoms with van der Waals surface area (Å²) in [5, 5.41) is 0.757. The van der Waals surface area contributed by atoms with Crippen LogP contribution in [0.5, 0.6) is 0 Å². The van der Waals surface area contributed by atoms with Crippen LogP contribution in [0.15, 0.2) is 36.5 Å². The van der Waals surface area contributed by atoms with Gasteiger partial charge in [0.2, 0.25) is 0 Å². The highest BCUT2D eigenvalue weighted by Crippen LogP contribution is 2.21. The molecule has 0 radical (unpaired) electrons. The van der Waals surface area contributed by atoms with Crippen LogP contribution >= 0.6 is 11.6 Å². The first kappa shape index (κ1) is 11.2. The summed E-state index contributed by atoms with van der Waals surface area (Å²) in [6.45, 7) is 2.74. The monoisotopic (exact) mass is 234 g/mol. The van der Waals surface area contributed by atoms with Crippen LogP contribution in [0.25, 0.3) is 5.69 Å². The molecule has 2 aromatic rings. The lowest BCUT2D eigenvalue weighted by Gasteiger charge is -2.12. The maximum Gasteiger partial charge on any atom is 0.0496 e. The van der Waals surface area contributed by atoms with Crippen molar-refractivity contribution in [2.45, 2.75) is 13.3 Å². The van der Waals surface area contributed by atoms with Crippen LogP contribution in [0.3, 0.4) is 0 Å². The molecule has 16 heavy (non-hydrogen) atoms. The van der Waals surface area contributed by atoms with Gasteiger partial charge in [-0.3, -0.25) is 0 Å². The first-order chi connectivity index (χ1) is 7.72. The van der Waals surface area contributed by atoms with E-state index in [0.29, 0.717) is 6.54 Å². The number of hydrogen-bond acceptors (Lipinski definition) is 1. The summed E-state index contributed by atoms with van der Waals surface area (Å²) in [5.74, 6) is 0. The zero-order valence-electron chi connectivity index (χ0n) is 9.28. The summed E-state index contributed by atoms with van der Waals surface area (Å²) >= 11 is 6.03. The van der Waals surface area contributed by atoms with Crippen molar-refractivity contribution in [3.8, 4) is 5.69 Å². The van der Waals surface area contributed by atoms with Gasteiger partial charge in [0.15, 0.2) is 0 Å². The molecule has 0 unspecified atom stereocenters. The van der Waals surface area contributed by atoms with E-state index in [1.165, 1.54) is 11.3 Å². The Kier molecular flexibility index (Phi) is 3.32. The Morgan fingerprint density at radius 3 is 2.88 bits per heavy atom. The van der Waals surface area contributed by atoms with E-state index in [1.54, 1.807) is 0 Å². The topological polar surface area (TPSA) is 30.9 Å². The second-order valence-electron chi connectivity index (χ2n) is 3.84. The molecule has 3 heteroatoms. The van der Waals surface area contributed by atoms with E-state index in [9.17, 15) is 0 Å². The fourth-order valence-electron chi connectivity index (χ4n) is 1.84. The molecule has 2 N–H and O–H groups in total. The minimum absolute atomic E-state index is 0.656. The minimum atomic E-state index is 0.656. The lowest BCUT2D eigenvalue weighted by molar-refractivity contribution is 0.871. The first-order valence-corrected chi connectivity index (χ1v) is 5.73. The van der Waals surface area contributed by atoms with Gasteiger partial charge in [-0.2, -0.15) is 0 Å². The van der Waals surface area contributed by atoms with Crippen molar-refractivity contribution >= 4 is 11.6 Å². The third kappa shape index (κ3) is 2.13. The Hall–Kier alpha value is -1.25. The Bertz CT molecular complexity index is 488. The molecule has 84 valence electrons. The van der Waals surface area contributed by atoms with Crippen molar-refractivity contribution in [2.75, 3.05) is 6.54 Å². The number of benzene rings is 1. The molecule has 1 heterocycles. The third-order valence-corrected chi connectivity index (χ3v) is 2.90. The molecule has 0 fully saturated rings. The standard InChI is InChI=1S/C13H15ClN2/c1-10-4-5-11(14)9-13(10)16-8-2-3-12(16)6-7-15/h2-5,8-9H,6-7,15H2,1H3. The van der Waals surface area contributed by atoms with Gasteiger partial charge in [0.25, 0.3) is 0 Å². The maximum atomic E-state index is 6.03. The maximum absolute atomic E-state index is 6.03. The largest absolute Gasteiger partial charge is 0.330 e. The number of nitrogens with zero attached hydrogens (tertiary/aromatic N) is 1. The van der Waals surface area contributed by atoms with Crippen molar-refractivity contribution in [1.29, 1.82) is 0 Å². The average Bonchev–Trinajstić information content (AvgIpc) is 2.70. The van der Waals surface area contributed by atoms with Gasteiger partial charge in [0, 0.05) is 29.0 Å². The predicted octanol–water partition coefficient (Wildman–Crippen LogP) is 2.94. The first-order valence-electron chi connectivity index (χ1n) is 5.35. The smallest absolute Gasteiger partial charge is 0.0496 e. The summed E-state index contributed by atoms with van der Waals surface area (Å²) in [6, 6.07) is 10.0. The summed E-state index contributed by atoms with van der Waals surface area (Å²) in [4.78, 5) is 0. The van der Waals surface area contributed by atoms with Crippen LogP contribution < -0.4 is 5.73 Å². The van der Waals surface area contributed by atoms with Gasteiger partial charge >= 0.3 is 0 Å². The second-order valence-corrected chi connectivity index (χ2v) is 4.28. The minimum Gasteiger partial charge on any atom is -0.330 e. The van der Waals surface area contributed by atoms with E-state index in [-0.39, 0.29) is 0 Å². The third-order valence-electron chi connectivity index (χ3n) is 2.66. The molecular formula is C13H15ClN2. The zero-order valence-corrected chi connectivity index (χ0v) is 10.0. The Morgan fingerprint density at radius 1 is 1.31 bits per heavy atom. The highest BCUT2D eigenvalue weighted by Gasteiger charge is 2.05. The number of aryl methyl sites for hydroxylation is 1. The van der Waals surface area contributed by atoms with Crippen LogP contribution in [-0.2, 0) is 6.42 Å². The molecule has 0 aliphatic rings. The van der Waals surface area contributed by atoms with E-state index >= 15 is 0 Å². The van der Waals surface area contributed by atoms with E-state index in [1.807, 2.05) is 30.5 Å². The van der Waals surface area contributed by atoms with E-state index in [0.717, 1.165) is 17.1 Å². The van der Waals surface area contributed by atoms with Crippen molar-refractivity contribution in [3.63, 3.8) is 0 Å². The molecule has 0 spiro atoms. The Labute approximate surface area is 101 Å². The molecule has 0 aliphatic carbocycles. The van der Waals surface area contributed by atoms with Gasteiger partial charge in [0.05, 0.1) is 0 Å². The van der Waals surface area contributed by atoms with Gasteiger partial charge in [-0.15, -0.1) is 0 Å². The van der Waals surface area contributed by atoms with Gasteiger partial charge < -0.3 is 10.3 Å². The summed E-state index contributed by atoms with van der Waals surface area (Å²) in [7, 11) is 0. The molecule has 1 aromatic heterocycles. The summed E-state index contributed by atoms with van der Waals surface area (Å²) < 4.78 is 2.15. The Balaban J connectivity index is 2.49. The summed E-state index contributed by atoms with van der Waals surface area (Å²) in [6.07, 6.45) is 2.92. The van der Waals surface area contributed by atoms with Crippen molar-refractivity contribution in [2.24, 2.45) is 5.73 Å². The lowest BCUT2D eigenvalue weighted by Crippen LogP contribution is -2.08. The number of rotatable bonds is 3. The Morgan fingerprint density at radius 2 is 2.12 bits per heavy atom. The normalized spacial score (nSPS) is 10.7. The van der Waals surface area contributed by atoms with Crippen molar-refractivity contribution in [1.82, 2.24) is 4.57 Å².